The summed E-state index contributed by atoms with van der Waals surface area (Å²) in [4.78, 5) is 23.9. The molecule has 2 aromatic rings. The molecule has 1 atom stereocenters. The van der Waals surface area contributed by atoms with Gasteiger partial charge in [-0.15, -0.1) is 0 Å². The summed E-state index contributed by atoms with van der Waals surface area (Å²) in [6, 6.07) is 4.02. The van der Waals surface area contributed by atoms with Gasteiger partial charge in [-0.25, -0.2) is 0 Å². The van der Waals surface area contributed by atoms with Crippen molar-refractivity contribution in [3.63, 3.8) is 0 Å². The fourth-order valence-corrected chi connectivity index (χ4v) is 2.42. The van der Waals surface area contributed by atoms with E-state index in [2.05, 4.69) is 10.4 Å². The maximum Gasteiger partial charge on any atom is 0.270 e. The Labute approximate surface area is 139 Å². The molecule has 0 bridgehead atoms. The highest BCUT2D eigenvalue weighted by molar-refractivity contribution is 5.99. The van der Waals surface area contributed by atoms with E-state index < -0.39 is 10.8 Å². The number of hydrogen-bond donors (Lipinski definition) is 2. The van der Waals surface area contributed by atoms with Crippen molar-refractivity contribution in [2.45, 2.75) is 6.04 Å². The highest BCUT2D eigenvalue weighted by Crippen LogP contribution is 2.24. The van der Waals surface area contributed by atoms with Crippen molar-refractivity contribution in [3.05, 3.63) is 51.8 Å². The van der Waals surface area contributed by atoms with Crippen molar-refractivity contribution in [3.8, 4) is 0 Å². The summed E-state index contributed by atoms with van der Waals surface area (Å²) in [5.41, 5.74) is 6.73. The average Bonchev–Trinajstić information content (AvgIpc) is 2.93. The van der Waals surface area contributed by atoms with Gasteiger partial charge in [0.25, 0.3) is 11.6 Å². The Hall–Kier alpha value is -2.94. The number of non-ortho nitro benzene ring substituents is 1. The van der Waals surface area contributed by atoms with Crippen molar-refractivity contribution < 1.29 is 9.72 Å². The monoisotopic (exact) mass is 332 g/mol. The minimum atomic E-state index is -0.719. The zero-order valence-corrected chi connectivity index (χ0v) is 13.8. The first kappa shape index (κ1) is 17.4. The third-order valence-corrected chi connectivity index (χ3v) is 3.70. The Morgan fingerprint density at radius 2 is 2.21 bits per heavy atom. The molecule has 9 heteroatoms. The summed E-state index contributed by atoms with van der Waals surface area (Å²) < 4.78 is 1.71. The number of nitro benzene ring substituents is 1. The second kappa shape index (κ2) is 7.09. The molecule has 0 saturated heterocycles. The van der Waals surface area contributed by atoms with Gasteiger partial charge in [0.2, 0.25) is 0 Å². The summed E-state index contributed by atoms with van der Waals surface area (Å²) in [6.45, 7) is 0.483. The lowest BCUT2D eigenvalue weighted by Gasteiger charge is -2.24. The first-order valence-electron chi connectivity index (χ1n) is 7.26. The zero-order chi connectivity index (χ0) is 17.9. The van der Waals surface area contributed by atoms with E-state index in [1.165, 1.54) is 18.2 Å². The standard InChI is InChI=1S/C15H20N6O3/c1-19(2)14(10-7-18-20(3)9-10)8-17-13-5-4-11(21(23)24)6-12(13)15(16)22/h4-7,9,14,17H,8H2,1-3H3,(H2,16,22). The van der Waals surface area contributed by atoms with Gasteiger partial charge >= 0.3 is 0 Å². The van der Waals surface area contributed by atoms with Gasteiger partial charge in [-0.1, -0.05) is 0 Å². The normalized spacial score (nSPS) is 12.2. The Balaban J connectivity index is 2.23. The SMILES string of the molecule is CN(C)C(CNc1ccc([N+](=O)[O-])cc1C(N)=O)c1cnn(C)c1. The van der Waals surface area contributed by atoms with Crippen LogP contribution >= 0.6 is 0 Å². The third kappa shape index (κ3) is 3.87. The molecule has 24 heavy (non-hydrogen) atoms. The van der Waals surface area contributed by atoms with Crippen LogP contribution in [-0.2, 0) is 7.05 Å². The molecule has 0 aliphatic heterocycles. The summed E-state index contributed by atoms with van der Waals surface area (Å²) >= 11 is 0. The summed E-state index contributed by atoms with van der Waals surface area (Å²) in [5.74, 6) is -0.719. The van der Waals surface area contributed by atoms with Crippen molar-refractivity contribution in [2.24, 2.45) is 12.8 Å². The van der Waals surface area contributed by atoms with Gasteiger partial charge in [0.1, 0.15) is 0 Å². The molecule has 1 heterocycles. The quantitative estimate of drug-likeness (QED) is 0.579. The number of nitro groups is 1. The van der Waals surface area contributed by atoms with Crippen LogP contribution in [0.15, 0.2) is 30.6 Å². The molecular weight excluding hydrogens is 312 g/mol. The molecule has 0 radical (unpaired) electrons. The lowest BCUT2D eigenvalue weighted by Crippen LogP contribution is -2.27. The van der Waals surface area contributed by atoms with Gasteiger partial charge in [0.15, 0.2) is 0 Å². The predicted molar refractivity (Wildman–Crippen MR) is 89.7 cm³/mol. The molecule has 0 spiro atoms. The van der Waals surface area contributed by atoms with Gasteiger partial charge in [0.05, 0.1) is 22.7 Å². The Morgan fingerprint density at radius 1 is 1.50 bits per heavy atom. The molecule has 1 aromatic heterocycles. The van der Waals surface area contributed by atoms with Crippen molar-refractivity contribution in [1.82, 2.24) is 14.7 Å². The second-order valence-electron chi connectivity index (χ2n) is 5.66. The molecule has 1 amide bonds. The van der Waals surface area contributed by atoms with Crippen LogP contribution in [0.4, 0.5) is 11.4 Å². The van der Waals surface area contributed by atoms with Crippen LogP contribution < -0.4 is 11.1 Å². The fourth-order valence-electron chi connectivity index (χ4n) is 2.42. The van der Waals surface area contributed by atoms with Crippen molar-refractivity contribution >= 4 is 17.3 Å². The molecule has 0 saturated carbocycles. The van der Waals surface area contributed by atoms with Crippen molar-refractivity contribution in [1.29, 1.82) is 0 Å². The van der Waals surface area contributed by atoms with E-state index in [-0.39, 0.29) is 17.3 Å². The highest BCUT2D eigenvalue weighted by atomic mass is 16.6. The minimum absolute atomic E-state index is 0.00891. The smallest absolute Gasteiger partial charge is 0.270 e. The van der Waals surface area contributed by atoms with E-state index in [1.54, 1.807) is 10.9 Å². The van der Waals surface area contributed by atoms with Gasteiger partial charge in [0, 0.05) is 43.2 Å². The molecule has 0 aliphatic carbocycles. The number of carbonyl (C=O) groups is 1. The molecular formula is C15H20N6O3. The molecule has 128 valence electrons. The van der Waals surface area contributed by atoms with Crippen LogP contribution in [-0.4, -0.2) is 46.2 Å². The van der Waals surface area contributed by atoms with E-state index in [4.69, 9.17) is 5.73 Å². The van der Waals surface area contributed by atoms with Crippen LogP contribution in [0.1, 0.15) is 22.0 Å². The fraction of sp³-hybridized carbons (Fsp3) is 0.333. The van der Waals surface area contributed by atoms with Crippen LogP contribution in [0.3, 0.4) is 0 Å². The number of aromatic nitrogens is 2. The van der Waals surface area contributed by atoms with E-state index in [9.17, 15) is 14.9 Å². The number of nitrogens with one attached hydrogen (secondary N) is 1. The van der Waals surface area contributed by atoms with E-state index in [0.29, 0.717) is 12.2 Å². The van der Waals surface area contributed by atoms with Gasteiger partial charge < -0.3 is 16.0 Å². The average molecular weight is 332 g/mol. The number of primary amides is 1. The number of likely N-dealkylation sites (N-methyl/N-ethyl adjacent to an activating group) is 1. The maximum atomic E-state index is 11.6. The first-order chi connectivity index (χ1) is 11.3. The van der Waals surface area contributed by atoms with Crippen LogP contribution in [0.2, 0.25) is 0 Å². The number of amides is 1. The summed E-state index contributed by atoms with van der Waals surface area (Å²) in [7, 11) is 5.71. The van der Waals surface area contributed by atoms with E-state index in [1.807, 2.05) is 32.2 Å². The minimum Gasteiger partial charge on any atom is -0.382 e. The number of rotatable bonds is 7. The van der Waals surface area contributed by atoms with E-state index in [0.717, 1.165) is 5.56 Å². The lowest BCUT2D eigenvalue weighted by molar-refractivity contribution is -0.384. The van der Waals surface area contributed by atoms with Gasteiger partial charge in [-0.3, -0.25) is 19.6 Å². The summed E-state index contributed by atoms with van der Waals surface area (Å²) in [6.07, 6.45) is 3.69. The lowest BCUT2D eigenvalue weighted by atomic mass is 10.1. The number of anilines is 1. The number of hydrogen-bond acceptors (Lipinski definition) is 6. The number of nitrogens with zero attached hydrogens (tertiary/aromatic N) is 4. The van der Waals surface area contributed by atoms with Crippen LogP contribution in [0.5, 0.6) is 0 Å². The highest BCUT2D eigenvalue weighted by Gasteiger charge is 2.19. The first-order valence-corrected chi connectivity index (χ1v) is 7.26. The molecule has 9 nitrogen and oxygen atoms in total. The predicted octanol–water partition coefficient (Wildman–Crippen LogP) is 1.14. The molecule has 0 aliphatic rings. The maximum absolute atomic E-state index is 11.6. The van der Waals surface area contributed by atoms with E-state index >= 15 is 0 Å². The van der Waals surface area contributed by atoms with Gasteiger partial charge in [-0.2, -0.15) is 5.10 Å². The topological polar surface area (TPSA) is 119 Å². The third-order valence-electron chi connectivity index (χ3n) is 3.70. The molecule has 2 rings (SSSR count). The Morgan fingerprint density at radius 3 is 2.71 bits per heavy atom. The number of carbonyl (C=O) groups excluding carboxylic acids is 1. The number of nitrogens with two attached hydrogens (primary N) is 1. The Bertz CT molecular complexity index is 755. The molecule has 1 unspecified atom stereocenters. The Kier molecular flexibility index (Phi) is 5.14. The van der Waals surface area contributed by atoms with Crippen LogP contribution in [0, 0.1) is 10.1 Å². The number of aryl methyl sites for hydroxylation is 1. The largest absolute Gasteiger partial charge is 0.382 e. The molecule has 3 N–H and O–H groups in total. The molecule has 0 fully saturated rings. The van der Waals surface area contributed by atoms with Crippen LogP contribution in [0.25, 0.3) is 0 Å². The summed E-state index contributed by atoms with van der Waals surface area (Å²) in [5, 5.41) is 18.2. The molecule has 1 aromatic carbocycles. The van der Waals surface area contributed by atoms with Crippen molar-refractivity contribution in [2.75, 3.05) is 26.0 Å². The van der Waals surface area contributed by atoms with Gasteiger partial charge in [-0.05, 0) is 20.2 Å². The number of benzene rings is 1. The second-order valence-corrected chi connectivity index (χ2v) is 5.66. The zero-order valence-electron chi connectivity index (χ0n) is 13.8.